The molecule has 1 saturated heterocycles. The molecule has 1 saturated carbocycles. The molecule has 2 fully saturated rings. The van der Waals surface area contributed by atoms with Crippen molar-refractivity contribution in [1.82, 2.24) is 19.6 Å². The number of halogens is 3. The van der Waals surface area contributed by atoms with E-state index in [1.807, 2.05) is 29.7 Å². The van der Waals surface area contributed by atoms with Gasteiger partial charge in [0, 0.05) is 54.3 Å². The van der Waals surface area contributed by atoms with Gasteiger partial charge in [-0.25, -0.2) is 17.9 Å². The number of carbonyl (C=O) groups is 1. The molecule has 1 aromatic heterocycles. The molecule has 38 heavy (non-hydrogen) atoms. The van der Waals surface area contributed by atoms with Crippen LogP contribution in [0, 0.1) is 30.3 Å². The van der Waals surface area contributed by atoms with Crippen molar-refractivity contribution in [2.45, 2.75) is 56.9 Å². The highest BCUT2D eigenvalue weighted by Gasteiger charge is 2.49. The van der Waals surface area contributed by atoms with Crippen LogP contribution in [0.5, 0.6) is 0 Å². The SMILES string of the molecule is Cc1cc(-n2nccc2C2CCN(C(=O)[C@@H]3C[C@@](C)(N(C)C)C[C@H]3c3ccc(F)cc3F)CC2)ccc1F. The molecule has 0 unspecified atom stereocenters. The summed E-state index contributed by atoms with van der Waals surface area (Å²) in [6.07, 6.45) is 4.58. The second-order valence-corrected chi connectivity index (χ2v) is 11.4. The van der Waals surface area contributed by atoms with Gasteiger partial charge in [-0.15, -0.1) is 0 Å². The molecule has 1 aliphatic heterocycles. The molecule has 0 spiro atoms. The standard InChI is InChI=1S/C30H35F3N4O/c1-19-15-22(6-8-26(19)32)37-28(9-12-34-37)20-10-13-36(14-11-20)29(38)25-18-30(2,35(3)4)17-24(25)23-7-5-21(31)16-27(23)33/h5-9,12,15-16,20,24-25H,10-11,13-14,17-18H2,1-4H3/t24-,25+,30-/m0/s1. The summed E-state index contributed by atoms with van der Waals surface area (Å²) >= 11 is 0. The van der Waals surface area contributed by atoms with Gasteiger partial charge in [-0.05, 0) is 95.1 Å². The summed E-state index contributed by atoms with van der Waals surface area (Å²) in [5, 5.41) is 4.49. The number of nitrogens with zero attached hydrogens (tertiary/aromatic N) is 4. The van der Waals surface area contributed by atoms with Crippen molar-refractivity contribution in [2.75, 3.05) is 27.2 Å². The van der Waals surface area contributed by atoms with Gasteiger partial charge in [0.05, 0.1) is 5.69 Å². The van der Waals surface area contributed by atoms with Gasteiger partial charge in [0.1, 0.15) is 17.5 Å². The van der Waals surface area contributed by atoms with Gasteiger partial charge >= 0.3 is 0 Å². The summed E-state index contributed by atoms with van der Waals surface area (Å²) in [4.78, 5) is 17.9. The fourth-order valence-corrected chi connectivity index (χ4v) is 6.30. The number of aryl methyl sites for hydroxylation is 1. The molecule has 1 aliphatic carbocycles. The lowest BCUT2D eigenvalue weighted by Crippen LogP contribution is -2.43. The first-order chi connectivity index (χ1) is 18.1. The molecule has 2 aromatic carbocycles. The van der Waals surface area contributed by atoms with Gasteiger partial charge in [-0.2, -0.15) is 5.10 Å². The van der Waals surface area contributed by atoms with Crippen LogP contribution in [0.4, 0.5) is 13.2 Å². The monoisotopic (exact) mass is 524 g/mol. The number of hydrogen-bond acceptors (Lipinski definition) is 3. The lowest BCUT2D eigenvalue weighted by molar-refractivity contribution is -0.137. The minimum atomic E-state index is -0.611. The van der Waals surface area contributed by atoms with Crippen molar-refractivity contribution in [3.63, 3.8) is 0 Å². The van der Waals surface area contributed by atoms with Crippen LogP contribution in [0.1, 0.15) is 61.3 Å². The maximum absolute atomic E-state index is 14.9. The zero-order chi connectivity index (χ0) is 27.2. The van der Waals surface area contributed by atoms with Crippen LogP contribution >= 0.6 is 0 Å². The number of benzene rings is 2. The Kier molecular flexibility index (Phi) is 7.11. The van der Waals surface area contributed by atoms with Crippen molar-refractivity contribution in [3.8, 4) is 5.69 Å². The normalized spacial score (nSPS) is 24.4. The zero-order valence-electron chi connectivity index (χ0n) is 22.4. The largest absolute Gasteiger partial charge is 0.342 e. The molecule has 5 rings (SSSR count). The van der Waals surface area contributed by atoms with E-state index in [1.165, 1.54) is 18.2 Å². The lowest BCUT2D eigenvalue weighted by atomic mass is 9.86. The van der Waals surface area contributed by atoms with Crippen LogP contribution in [0.2, 0.25) is 0 Å². The van der Waals surface area contributed by atoms with Gasteiger partial charge < -0.3 is 9.80 Å². The second kappa shape index (κ2) is 10.2. The Morgan fingerprint density at radius 3 is 2.39 bits per heavy atom. The molecule has 0 bridgehead atoms. The van der Waals surface area contributed by atoms with E-state index in [2.05, 4.69) is 16.9 Å². The summed E-state index contributed by atoms with van der Waals surface area (Å²) < 4.78 is 44.2. The second-order valence-electron chi connectivity index (χ2n) is 11.4. The number of hydrogen-bond donors (Lipinski definition) is 0. The third kappa shape index (κ3) is 4.86. The lowest BCUT2D eigenvalue weighted by Gasteiger charge is -2.35. The summed E-state index contributed by atoms with van der Waals surface area (Å²) in [5.41, 5.74) is 2.60. The quantitative estimate of drug-likeness (QED) is 0.423. The third-order valence-corrected chi connectivity index (χ3v) is 8.85. The summed E-state index contributed by atoms with van der Waals surface area (Å²) in [6, 6.07) is 10.7. The highest BCUT2D eigenvalue weighted by atomic mass is 19.1. The van der Waals surface area contributed by atoms with E-state index in [0.29, 0.717) is 37.1 Å². The number of amides is 1. The van der Waals surface area contributed by atoms with Crippen LogP contribution < -0.4 is 0 Å². The van der Waals surface area contributed by atoms with Crippen molar-refractivity contribution in [3.05, 3.63) is 82.9 Å². The zero-order valence-corrected chi connectivity index (χ0v) is 22.4. The molecule has 202 valence electrons. The Morgan fingerprint density at radius 1 is 1.00 bits per heavy atom. The minimum Gasteiger partial charge on any atom is -0.342 e. The van der Waals surface area contributed by atoms with Crippen LogP contribution in [-0.4, -0.2) is 58.2 Å². The Labute approximate surface area is 222 Å². The predicted molar refractivity (Wildman–Crippen MR) is 141 cm³/mol. The van der Waals surface area contributed by atoms with Gasteiger partial charge in [0.2, 0.25) is 5.91 Å². The first kappa shape index (κ1) is 26.5. The van der Waals surface area contributed by atoms with Gasteiger partial charge in [0.15, 0.2) is 0 Å². The first-order valence-electron chi connectivity index (χ1n) is 13.3. The highest BCUT2D eigenvalue weighted by molar-refractivity contribution is 5.81. The number of rotatable bonds is 5. The fraction of sp³-hybridized carbons (Fsp3) is 0.467. The molecule has 0 radical (unpaired) electrons. The molecule has 1 amide bonds. The Balaban J connectivity index is 1.33. The van der Waals surface area contributed by atoms with Crippen LogP contribution in [0.3, 0.4) is 0 Å². The van der Waals surface area contributed by atoms with E-state index in [4.69, 9.17) is 0 Å². The van der Waals surface area contributed by atoms with Gasteiger partial charge in [0.25, 0.3) is 0 Å². The molecule has 2 aliphatic rings. The smallest absolute Gasteiger partial charge is 0.226 e. The number of piperidine rings is 1. The summed E-state index contributed by atoms with van der Waals surface area (Å²) in [6.45, 7) is 5.05. The van der Waals surface area contributed by atoms with Crippen LogP contribution in [0.25, 0.3) is 5.69 Å². The minimum absolute atomic E-state index is 0.0467. The first-order valence-corrected chi connectivity index (χ1v) is 13.3. The van der Waals surface area contributed by atoms with Crippen LogP contribution in [0.15, 0.2) is 48.7 Å². The fourth-order valence-electron chi connectivity index (χ4n) is 6.30. The molecular formula is C30H35F3N4O. The average molecular weight is 525 g/mol. The van der Waals surface area contributed by atoms with E-state index in [-0.39, 0.29) is 35.0 Å². The van der Waals surface area contributed by atoms with Gasteiger partial charge in [-0.1, -0.05) is 6.07 Å². The Hall–Kier alpha value is -3.13. The van der Waals surface area contributed by atoms with Crippen LogP contribution in [-0.2, 0) is 4.79 Å². The van der Waals surface area contributed by atoms with E-state index >= 15 is 0 Å². The van der Waals surface area contributed by atoms with Crippen molar-refractivity contribution in [2.24, 2.45) is 5.92 Å². The van der Waals surface area contributed by atoms with Gasteiger partial charge in [-0.3, -0.25) is 4.79 Å². The average Bonchev–Trinajstić information content (AvgIpc) is 3.51. The molecule has 2 heterocycles. The number of carbonyl (C=O) groups excluding carboxylic acids is 1. The highest BCUT2D eigenvalue weighted by Crippen LogP contribution is 2.49. The van der Waals surface area contributed by atoms with Crippen molar-refractivity contribution >= 4 is 5.91 Å². The molecule has 3 atom stereocenters. The Morgan fingerprint density at radius 2 is 1.74 bits per heavy atom. The predicted octanol–water partition coefficient (Wildman–Crippen LogP) is 5.82. The topological polar surface area (TPSA) is 41.4 Å². The molecule has 8 heteroatoms. The number of likely N-dealkylation sites (tertiary alicyclic amines) is 1. The Bertz CT molecular complexity index is 1330. The van der Waals surface area contributed by atoms with E-state index in [0.717, 1.165) is 30.3 Å². The molecule has 5 nitrogen and oxygen atoms in total. The number of aromatic nitrogens is 2. The van der Waals surface area contributed by atoms with E-state index in [9.17, 15) is 18.0 Å². The van der Waals surface area contributed by atoms with Crippen molar-refractivity contribution in [1.29, 1.82) is 0 Å². The molecular weight excluding hydrogens is 489 g/mol. The summed E-state index contributed by atoms with van der Waals surface area (Å²) in [7, 11) is 3.98. The third-order valence-electron chi connectivity index (χ3n) is 8.85. The summed E-state index contributed by atoms with van der Waals surface area (Å²) in [5.74, 6) is -1.86. The van der Waals surface area contributed by atoms with Crippen molar-refractivity contribution < 1.29 is 18.0 Å². The van der Waals surface area contributed by atoms with E-state index < -0.39 is 11.6 Å². The van der Waals surface area contributed by atoms with E-state index in [1.54, 1.807) is 25.3 Å². The molecule has 3 aromatic rings. The maximum Gasteiger partial charge on any atom is 0.226 e. The molecule has 0 N–H and O–H groups in total. The maximum atomic E-state index is 14.9.